The van der Waals surface area contributed by atoms with Crippen molar-refractivity contribution in [2.75, 3.05) is 13.7 Å². The maximum absolute atomic E-state index is 12.8. The number of hydrogen-bond donors (Lipinski definition) is 1. The van der Waals surface area contributed by atoms with Crippen molar-refractivity contribution < 1.29 is 9.53 Å². The van der Waals surface area contributed by atoms with Gasteiger partial charge in [0.25, 0.3) is 5.91 Å². The lowest BCUT2D eigenvalue weighted by Crippen LogP contribution is -2.27. The van der Waals surface area contributed by atoms with Crippen LogP contribution in [0.5, 0.6) is 5.75 Å². The van der Waals surface area contributed by atoms with Gasteiger partial charge in [-0.1, -0.05) is 30.3 Å². The molecule has 2 aromatic carbocycles. The predicted octanol–water partition coefficient (Wildman–Crippen LogP) is 3.73. The second kappa shape index (κ2) is 7.66. The van der Waals surface area contributed by atoms with Crippen LogP contribution >= 0.6 is 0 Å². The molecule has 0 unspecified atom stereocenters. The number of nitrogens with one attached hydrogen (secondary N) is 1. The Balaban J connectivity index is 1.46. The molecule has 0 aliphatic heterocycles. The second-order valence-electron chi connectivity index (χ2n) is 6.83. The van der Waals surface area contributed by atoms with Crippen molar-refractivity contribution in [3.63, 3.8) is 0 Å². The van der Waals surface area contributed by atoms with E-state index in [1.54, 1.807) is 11.8 Å². The van der Waals surface area contributed by atoms with Crippen LogP contribution in [0.3, 0.4) is 0 Å². The van der Waals surface area contributed by atoms with Crippen molar-refractivity contribution in [1.29, 1.82) is 0 Å². The van der Waals surface area contributed by atoms with E-state index in [2.05, 4.69) is 5.32 Å². The van der Waals surface area contributed by atoms with Gasteiger partial charge in [-0.25, -0.2) is 4.68 Å². The zero-order chi connectivity index (χ0) is 18.6. The maximum atomic E-state index is 12.8. The van der Waals surface area contributed by atoms with Crippen LogP contribution in [0.15, 0.2) is 60.7 Å². The summed E-state index contributed by atoms with van der Waals surface area (Å²) < 4.78 is 6.93. The Hall–Kier alpha value is -3.08. The SMILES string of the molecule is COc1ccc(CCNC(=O)c2cc(C3CC3)nn2-c2ccccc2)cc1. The molecule has 0 radical (unpaired) electrons. The van der Waals surface area contributed by atoms with E-state index in [4.69, 9.17) is 9.84 Å². The minimum atomic E-state index is -0.0910. The minimum Gasteiger partial charge on any atom is -0.497 e. The van der Waals surface area contributed by atoms with Crippen LogP contribution < -0.4 is 10.1 Å². The molecule has 1 aliphatic carbocycles. The minimum absolute atomic E-state index is 0.0910. The predicted molar refractivity (Wildman–Crippen MR) is 105 cm³/mol. The number of para-hydroxylation sites is 1. The van der Waals surface area contributed by atoms with Crippen LogP contribution in [0, 0.1) is 0 Å². The third kappa shape index (κ3) is 4.03. The molecule has 0 saturated heterocycles. The molecule has 138 valence electrons. The van der Waals surface area contributed by atoms with Crippen molar-refractivity contribution in [3.05, 3.63) is 77.6 Å². The highest BCUT2D eigenvalue weighted by Gasteiger charge is 2.28. The fourth-order valence-corrected chi connectivity index (χ4v) is 3.11. The molecule has 0 spiro atoms. The van der Waals surface area contributed by atoms with Gasteiger partial charge in [0.15, 0.2) is 0 Å². The van der Waals surface area contributed by atoms with E-state index in [0.29, 0.717) is 18.2 Å². The molecule has 1 saturated carbocycles. The van der Waals surface area contributed by atoms with Gasteiger partial charge in [0.2, 0.25) is 0 Å². The monoisotopic (exact) mass is 361 g/mol. The lowest BCUT2D eigenvalue weighted by molar-refractivity contribution is 0.0946. The molecule has 27 heavy (non-hydrogen) atoms. The zero-order valence-corrected chi connectivity index (χ0v) is 15.4. The van der Waals surface area contributed by atoms with E-state index < -0.39 is 0 Å². The number of nitrogens with zero attached hydrogens (tertiary/aromatic N) is 2. The molecular formula is C22H23N3O2. The Kier molecular flexibility index (Phi) is 4.92. The van der Waals surface area contributed by atoms with Crippen molar-refractivity contribution in [2.24, 2.45) is 0 Å². The van der Waals surface area contributed by atoms with Crippen LogP contribution in [-0.4, -0.2) is 29.3 Å². The first-order valence-corrected chi connectivity index (χ1v) is 9.31. The van der Waals surface area contributed by atoms with Gasteiger partial charge in [-0.05, 0) is 55.2 Å². The van der Waals surface area contributed by atoms with E-state index in [1.807, 2.05) is 60.7 Å². The van der Waals surface area contributed by atoms with Gasteiger partial charge >= 0.3 is 0 Å². The van der Waals surface area contributed by atoms with E-state index in [0.717, 1.165) is 42.0 Å². The van der Waals surface area contributed by atoms with Gasteiger partial charge in [0, 0.05) is 12.5 Å². The molecule has 1 fully saturated rings. The summed E-state index contributed by atoms with van der Waals surface area (Å²) in [5.41, 5.74) is 3.67. The first-order chi connectivity index (χ1) is 13.2. The Morgan fingerprint density at radius 1 is 1.15 bits per heavy atom. The molecule has 1 aliphatic rings. The number of hydrogen-bond acceptors (Lipinski definition) is 3. The summed E-state index contributed by atoms with van der Waals surface area (Å²) in [6.45, 7) is 0.573. The standard InChI is InChI=1S/C22H23N3O2/c1-27-19-11-7-16(8-12-19)13-14-23-22(26)21-15-20(17-9-10-17)24-25(21)18-5-3-2-4-6-18/h2-8,11-12,15,17H,9-10,13-14H2,1H3,(H,23,26). The number of rotatable bonds is 7. The van der Waals surface area contributed by atoms with E-state index in [1.165, 1.54) is 0 Å². The number of benzene rings is 2. The molecule has 5 nitrogen and oxygen atoms in total. The van der Waals surface area contributed by atoms with E-state index in [-0.39, 0.29) is 5.91 Å². The third-order valence-electron chi connectivity index (χ3n) is 4.82. The first kappa shape index (κ1) is 17.3. The van der Waals surface area contributed by atoms with Crippen molar-refractivity contribution in [1.82, 2.24) is 15.1 Å². The summed E-state index contributed by atoms with van der Waals surface area (Å²) in [7, 11) is 1.65. The topological polar surface area (TPSA) is 56.1 Å². The van der Waals surface area contributed by atoms with Gasteiger partial charge in [-0.3, -0.25) is 4.79 Å². The fraction of sp³-hybridized carbons (Fsp3) is 0.273. The Labute approximate surface area is 159 Å². The van der Waals surface area contributed by atoms with Gasteiger partial charge in [0.05, 0.1) is 18.5 Å². The highest BCUT2D eigenvalue weighted by molar-refractivity contribution is 5.93. The van der Waals surface area contributed by atoms with Crippen LogP contribution in [0.4, 0.5) is 0 Å². The lowest BCUT2D eigenvalue weighted by Gasteiger charge is -2.09. The maximum Gasteiger partial charge on any atom is 0.270 e. The smallest absolute Gasteiger partial charge is 0.270 e. The highest BCUT2D eigenvalue weighted by atomic mass is 16.5. The largest absolute Gasteiger partial charge is 0.497 e. The summed E-state index contributed by atoms with van der Waals surface area (Å²) >= 11 is 0. The molecule has 1 N–H and O–H groups in total. The number of carbonyl (C=O) groups excluding carboxylic acids is 1. The number of amides is 1. The molecule has 0 atom stereocenters. The molecule has 3 aromatic rings. The number of aromatic nitrogens is 2. The summed E-state index contributed by atoms with van der Waals surface area (Å²) in [5.74, 6) is 1.25. The van der Waals surface area contributed by atoms with Gasteiger partial charge < -0.3 is 10.1 Å². The summed E-state index contributed by atoms with van der Waals surface area (Å²) in [6.07, 6.45) is 3.08. The van der Waals surface area contributed by atoms with E-state index >= 15 is 0 Å². The quantitative estimate of drug-likeness (QED) is 0.698. The number of ether oxygens (including phenoxy) is 1. The molecule has 1 heterocycles. The number of carbonyl (C=O) groups is 1. The Morgan fingerprint density at radius 2 is 1.89 bits per heavy atom. The first-order valence-electron chi connectivity index (χ1n) is 9.31. The summed E-state index contributed by atoms with van der Waals surface area (Å²) in [5, 5.41) is 7.72. The van der Waals surface area contributed by atoms with Gasteiger partial charge in [0.1, 0.15) is 11.4 Å². The van der Waals surface area contributed by atoms with Gasteiger partial charge in [-0.15, -0.1) is 0 Å². The van der Waals surface area contributed by atoms with Crippen LogP contribution in [-0.2, 0) is 6.42 Å². The van der Waals surface area contributed by atoms with Crippen LogP contribution in [0.25, 0.3) is 5.69 Å². The van der Waals surface area contributed by atoms with Crippen molar-refractivity contribution in [3.8, 4) is 11.4 Å². The normalized spacial score (nSPS) is 13.4. The summed E-state index contributed by atoms with van der Waals surface area (Å²) in [6, 6.07) is 19.7. The number of methoxy groups -OCH3 is 1. The zero-order valence-electron chi connectivity index (χ0n) is 15.4. The molecule has 1 aromatic heterocycles. The molecule has 5 heteroatoms. The molecule has 4 rings (SSSR count). The molecule has 0 bridgehead atoms. The lowest BCUT2D eigenvalue weighted by atomic mass is 10.1. The van der Waals surface area contributed by atoms with Crippen LogP contribution in [0.1, 0.15) is 40.5 Å². The molecule has 1 amide bonds. The van der Waals surface area contributed by atoms with Crippen LogP contribution in [0.2, 0.25) is 0 Å². The fourth-order valence-electron chi connectivity index (χ4n) is 3.11. The second-order valence-corrected chi connectivity index (χ2v) is 6.83. The average molecular weight is 361 g/mol. The van der Waals surface area contributed by atoms with E-state index in [9.17, 15) is 4.79 Å². The Morgan fingerprint density at radius 3 is 2.56 bits per heavy atom. The molecular weight excluding hydrogens is 338 g/mol. The van der Waals surface area contributed by atoms with Crippen molar-refractivity contribution >= 4 is 5.91 Å². The Bertz CT molecular complexity index is 912. The third-order valence-corrected chi connectivity index (χ3v) is 4.82. The van der Waals surface area contributed by atoms with Crippen molar-refractivity contribution in [2.45, 2.75) is 25.2 Å². The average Bonchev–Trinajstić information content (AvgIpc) is 3.47. The highest BCUT2D eigenvalue weighted by Crippen LogP contribution is 2.39. The summed E-state index contributed by atoms with van der Waals surface area (Å²) in [4.78, 5) is 12.8. The van der Waals surface area contributed by atoms with Gasteiger partial charge in [-0.2, -0.15) is 5.10 Å².